The Morgan fingerprint density at radius 2 is 1.45 bits per heavy atom. The lowest BCUT2D eigenvalue weighted by Gasteiger charge is -2.34. The van der Waals surface area contributed by atoms with Crippen molar-refractivity contribution in [3.05, 3.63) is 39.5 Å². The SMILES string of the molecule is CN1CCN(C2=Nc3cc(Cl)ccc3N(C)c3cscc32)CC1.[O-][Cl+3]([O-])([O-])O.[O-][Cl+3]([O-])([O-])O. The zero-order chi connectivity index (χ0) is 25.0. The zero-order valence-electron chi connectivity index (χ0n) is 17.4. The van der Waals surface area contributed by atoms with E-state index < -0.39 is 20.5 Å². The molecular formula is C17H21Cl3N4O8S. The first-order chi connectivity index (χ1) is 15.1. The highest BCUT2D eigenvalue weighted by Crippen LogP contribution is 2.41. The van der Waals surface area contributed by atoms with Crippen LogP contribution in [0.1, 0.15) is 5.56 Å². The van der Waals surface area contributed by atoms with Gasteiger partial charge in [0, 0.05) is 49.0 Å². The van der Waals surface area contributed by atoms with Crippen molar-refractivity contribution in [1.29, 1.82) is 0 Å². The van der Waals surface area contributed by atoms with Crippen LogP contribution in [0.15, 0.2) is 34.0 Å². The van der Waals surface area contributed by atoms with Crippen molar-refractivity contribution in [3.8, 4) is 0 Å². The number of amidine groups is 1. The minimum absolute atomic E-state index is 0.725. The Morgan fingerprint density at radius 1 is 0.909 bits per heavy atom. The van der Waals surface area contributed by atoms with E-state index in [0.29, 0.717) is 0 Å². The minimum atomic E-state index is -4.69. The van der Waals surface area contributed by atoms with Crippen LogP contribution in [0.4, 0.5) is 17.1 Å². The van der Waals surface area contributed by atoms with Crippen LogP contribution in [0.25, 0.3) is 0 Å². The summed E-state index contributed by atoms with van der Waals surface area (Å²) in [6.45, 7) is 4.14. The second-order valence-electron chi connectivity index (χ2n) is 6.88. The van der Waals surface area contributed by atoms with E-state index >= 15 is 0 Å². The van der Waals surface area contributed by atoms with Crippen LogP contribution >= 0.6 is 22.9 Å². The molecule has 0 bridgehead atoms. The van der Waals surface area contributed by atoms with Gasteiger partial charge >= 0.3 is 0 Å². The summed E-state index contributed by atoms with van der Waals surface area (Å²) in [6, 6.07) is 5.94. The van der Waals surface area contributed by atoms with Gasteiger partial charge in [-0.25, -0.2) is 4.99 Å². The molecule has 2 aliphatic rings. The van der Waals surface area contributed by atoms with E-state index in [9.17, 15) is 0 Å². The number of likely N-dealkylation sites (N-methyl/N-ethyl adjacent to an activating group) is 1. The molecule has 2 N–H and O–H groups in total. The van der Waals surface area contributed by atoms with Crippen molar-refractivity contribution >= 4 is 45.8 Å². The van der Waals surface area contributed by atoms with Crippen molar-refractivity contribution in [3.63, 3.8) is 0 Å². The molecule has 0 saturated carbocycles. The molecule has 1 aromatic carbocycles. The number of thiophene rings is 1. The third-order valence-corrected chi connectivity index (χ3v) is 5.54. The lowest BCUT2D eigenvalue weighted by atomic mass is 10.2. The fourth-order valence-corrected chi connectivity index (χ4v) is 4.16. The van der Waals surface area contributed by atoms with Gasteiger partial charge in [0.2, 0.25) is 0 Å². The summed E-state index contributed by atoms with van der Waals surface area (Å²) in [5, 5.41) is 5.13. The Bertz CT molecular complexity index is 934. The van der Waals surface area contributed by atoms with E-state index in [2.05, 4.69) is 45.6 Å². The maximum Gasteiger partial charge on any atom is 0.139 e. The van der Waals surface area contributed by atoms with E-state index in [1.807, 2.05) is 12.1 Å². The van der Waals surface area contributed by atoms with Crippen molar-refractivity contribution in [1.82, 2.24) is 9.80 Å². The van der Waals surface area contributed by atoms with Gasteiger partial charge in [0.25, 0.3) is 0 Å². The van der Waals surface area contributed by atoms with Crippen LogP contribution in [0, 0.1) is 20.5 Å². The predicted octanol–water partition coefficient (Wildman–Crippen LogP) is -4.44. The first-order valence-corrected chi connectivity index (χ1v) is 12.9. The molecule has 33 heavy (non-hydrogen) atoms. The maximum atomic E-state index is 8.60. The summed E-state index contributed by atoms with van der Waals surface area (Å²) >= 11 is 7.94. The van der Waals surface area contributed by atoms with Crippen molar-refractivity contribution in [2.24, 2.45) is 4.99 Å². The standard InChI is InChI=1S/C17H19ClN4S.2ClHO4/c1-20-5-7-22(8-6-20)17-13-10-23-11-16(13)21(2)15-4-3-12(18)9-14(15)19-17;2*2-1(3,4)5/h3-4,9-11H,5-8H2,1-2H3;2*(H,2,3,4,5). The number of hydrogen-bond acceptors (Lipinski definition) is 13. The van der Waals surface area contributed by atoms with Gasteiger partial charge in [-0.05, 0) is 25.2 Å². The highest BCUT2D eigenvalue weighted by molar-refractivity contribution is 7.08. The van der Waals surface area contributed by atoms with Crippen molar-refractivity contribution in [2.45, 2.75) is 0 Å². The van der Waals surface area contributed by atoms with Crippen LogP contribution in [-0.4, -0.2) is 65.2 Å². The summed E-state index contributed by atoms with van der Waals surface area (Å²) in [5.74, 6) is 1.07. The van der Waals surface area contributed by atoms with E-state index in [1.165, 1.54) is 11.3 Å². The number of rotatable bonds is 0. The molecular weight excluding hydrogens is 527 g/mol. The van der Waals surface area contributed by atoms with Gasteiger partial charge in [-0.1, -0.05) is 11.6 Å². The van der Waals surface area contributed by atoms with Gasteiger partial charge in [-0.3, -0.25) is 0 Å². The smallest absolute Gasteiger partial charge is 0.139 e. The molecule has 0 unspecified atom stereocenters. The van der Waals surface area contributed by atoms with E-state index in [1.54, 1.807) is 11.3 Å². The minimum Gasteiger partial charge on any atom is -0.353 e. The monoisotopic (exact) mass is 546 g/mol. The highest BCUT2D eigenvalue weighted by Gasteiger charge is 2.26. The molecule has 0 amide bonds. The number of nitrogens with zero attached hydrogens (tertiary/aromatic N) is 4. The average molecular weight is 548 g/mol. The second-order valence-corrected chi connectivity index (χ2v) is 9.64. The Kier molecular flexibility index (Phi) is 9.67. The van der Waals surface area contributed by atoms with Gasteiger partial charge in [0.05, 0.1) is 52.4 Å². The van der Waals surface area contributed by atoms with Gasteiger partial charge in [0.1, 0.15) is 5.84 Å². The fourth-order valence-electron chi connectivity index (χ4n) is 3.15. The maximum absolute atomic E-state index is 8.60. The van der Waals surface area contributed by atoms with E-state index in [-0.39, 0.29) is 0 Å². The first-order valence-electron chi connectivity index (χ1n) is 9.02. The Labute approximate surface area is 202 Å². The third-order valence-electron chi connectivity index (χ3n) is 4.57. The quantitative estimate of drug-likeness (QED) is 0.322. The van der Waals surface area contributed by atoms with Crippen LogP contribution in [0.2, 0.25) is 5.02 Å². The lowest BCUT2D eigenvalue weighted by molar-refractivity contribution is -1.92. The molecule has 184 valence electrons. The fraction of sp³-hybridized carbons (Fsp3) is 0.353. The topological polar surface area (TPSA) is 201 Å². The van der Waals surface area contributed by atoms with E-state index in [0.717, 1.165) is 48.4 Å². The lowest BCUT2D eigenvalue weighted by Crippen LogP contribution is -2.58. The van der Waals surface area contributed by atoms with Crippen molar-refractivity contribution in [2.75, 3.05) is 45.2 Å². The molecule has 0 atom stereocenters. The molecule has 12 nitrogen and oxygen atoms in total. The highest BCUT2D eigenvalue weighted by atomic mass is 35.7. The van der Waals surface area contributed by atoms with Crippen LogP contribution in [0.5, 0.6) is 0 Å². The summed E-state index contributed by atoms with van der Waals surface area (Å²) in [6.07, 6.45) is 0. The second kappa shape index (κ2) is 11.4. The van der Waals surface area contributed by atoms with Gasteiger partial charge in [0.15, 0.2) is 0 Å². The molecule has 16 heteroatoms. The molecule has 1 aromatic heterocycles. The van der Waals surface area contributed by atoms with E-state index in [4.69, 9.17) is 53.9 Å². The number of piperazine rings is 1. The Hall–Kier alpha value is -1.30. The molecule has 1 saturated heterocycles. The molecule has 4 rings (SSSR count). The summed E-state index contributed by atoms with van der Waals surface area (Å²) in [4.78, 5) is 12.0. The normalized spacial score (nSPS) is 16.4. The molecule has 0 aliphatic carbocycles. The molecule has 1 fully saturated rings. The summed E-state index contributed by atoms with van der Waals surface area (Å²) in [5.41, 5.74) is 4.47. The average Bonchev–Trinajstić information content (AvgIpc) is 3.09. The number of anilines is 2. The number of fused-ring (bicyclic) bond motifs is 2. The molecule has 2 aliphatic heterocycles. The van der Waals surface area contributed by atoms with Crippen molar-refractivity contribution < 1.29 is 57.8 Å². The zero-order valence-corrected chi connectivity index (χ0v) is 20.5. The predicted molar refractivity (Wildman–Crippen MR) is 104 cm³/mol. The van der Waals surface area contributed by atoms with Gasteiger partial charge < -0.3 is 14.7 Å². The number of halogens is 3. The Balaban J connectivity index is 0.000000327. The molecule has 0 spiro atoms. The molecule has 2 aromatic rings. The third kappa shape index (κ3) is 9.46. The first kappa shape index (κ1) is 27.9. The number of hydrogen-bond donors (Lipinski definition) is 2. The summed E-state index contributed by atoms with van der Waals surface area (Å²) in [7, 11) is -5.12. The summed E-state index contributed by atoms with van der Waals surface area (Å²) < 4.78 is 65.4. The van der Waals surface area contributed by atoms with Crippen LogP contribution in [-0.2, 0) is 0 Å². The van der Waals surface area contributed by atoms with Crippen LogP contribution in [0.3, 0.4) is 0 Å². The molecule has 0 radical (unpaired) electrons. The number of aliphatic imine (C=N–C) groups is 1. The number of benzene rings is 1. The Morgan fingerprint density at radius 3 is 2.00 bits per heavy atom. The largest absolute Gasteiger partial charge is 0.353 e. The molecule has 3 heterocycles. The van der Waals surface area contributed by atoms with Gasteiger partial charge in [-0.2, -0.15) is 28.0 Å². The van der Waals surface area contributed by atoms with Crippen LogP contribution < -0.4 is 32.9 Å². The van der Waals surface area contributed by atoms with Gasteiger partial charge in [-0.15, -0.1) is 11.3 Å².